The van der Waals surface area contributed by atoms with Crippen molar-refractivity contribution >= 4 is 27.5 Å². The van der Waals surface area contributed by atoms with Gasteiger partial charge in [-0.05, 0) is 60.7 Å². The van der Waals surface area contributed by atoms with Crippen LogP contribution in [0.5, 0.6) is 11.5 Å². The van der Waals surface area contributed by atoms with E-state index >= 15 is 0 Å². The summed E-state index contributed by atoms with van der Waals surface area (Å²) in [7, 11) is -1.20. The number of amides is 2. The molecular weight excluding hydrogens is 453 g/mol. The Morgan fingerprint density at radius 1 is 0.818 bits per heavy atom. The molecule has 0 saturated heterocycles. The Morgan fingerprint density at radius 3 is 2.03 bits per heavy atom. The number of nitrogens with one attached hydrogen (secondary N) is 3. The van der Waals surface area contributed by atoms with Crippen LogP contribution in [0.1, 0.15) is 20.7 Å². The average Bonchev–Trinajstić information content (AvgIpc) is 2.82. The second-order valence-corrected chi connectivity index (χ2v) is 8.30. The molecule has 0 fully saturated rings. The van der Waals surface area contributed by atoms with E-state index in [-0.39, 0.29) is 21.8 Å². The Balaban J connectivity index is 1.68. The minimum Gasteiger partial charge on any atom is -0.497 e. The van der Waals surface area contributed by atoms with Crippen molar-refractivity contribution in [3.05, 3.63) is 83.7 Å². The van der Waals surface area contributed by atoms with Crippen molar-refractivity contribution in [3.8, 4) is 11.5 Å². The predicted octanol–water partition coefficient (Wildman–Crippen LogP) is 2.72. The first-order chi connectivity index (χ1) is 15.7. The summed E-state index contributed by atoms with van der Waals surface area (Å²) in [6, 6.07) is 15.0. The number of halogens is 1. The Bertz CT molecular complexity index is 1280. The summed E-state index contributed by atoms with van der Waals surface area (Å²) in [5, 5.41) is 0. The zero-order valence-corrected chi connectivity index (χ0v) is 18.4. The molecule has 0 spiro atoms. The van der Waals surface area contributed by atoms with Gasteiger partial charge in [0, 0.05) is 16.8 Å². The molecule has 2 amide bonds. The number of anilines is 1. The molecule has 0 aliphatic heterocycles. The highest BCUT2D eigenvalue weighted by Gasteiger charge is 2.17. The average molecular weight is 473 g/mol. The number of hydrogen-bond acceptors (Lipinski definition) is 6. The van der Waals surface area contributed by atoms with Crippen LogP contribution in [-0.4, -0.2) is 34.5 Å². The third kappa shape index (κ3) is 5.77. The number of methoxy groups -OCH3 is 2. The molecule has 0 saturated carbocycles. The van der Waals surface area contributed by atoms with E-state index < -0.39 is 27.7 Å². The van der Waals surface area contributed by atoms with Gasteiger partial charge in [0.2, 0.25) is 0 Å². The van der Waals surface area contributed by atoms with Crippen LogP contribution in [0.2, 0.25) is 0 Å². The third-order valence-electron chi connectivity index (χ3n) is 4.45. The zero-order valence-electron chi connectivity index (χ0n) is 17.6. The maximum absolute atomic E-state index is 13.8. The molecule has 0 aromatic heterocycles. The van der Waals surface area contributed by atoms with Gasteiger partial charge < -0.3 is 9.47 Å². The molecule has 3 N–H and O–H groups in total. The highest BCUT2D eigenvalue weighted by atomic mass is 32.2. The van der Waals surface area contributed by atoms with Crippen molar-refractivity contribution in [1.29, 1.82) is 0 Å². The van der Waals surface area contributed by atoms with E-state index in [9.17, 15) is 22.4 Å². The van der Waals surface area contributed by atoms with Gasteiger partial charge in [0.15, 0.2) is 11.6 Å². The van der Waals surface area contributed by atoms with Crippen LogP contribution in [-0.2, 0) is 10.0 Å². The molecule has 172 valence electrons. The van der Waals surface area contributed by atoms with E-state index in [1.54, 1.807) is 12.1 Å². The maximum Gasteiger partial charge on any atom is 0.269 e. The van der Waals surface area contributed by atoms with Crippen molar-refractivity contribution in [2.45, 2.75) is 4.90 Å². The van der Waals surface area contributed by atoms with E-state index in [0.717, 1.165) is 12.1 Å². The van der Waals surface area contributed by atoms with Crippen molar-refractivity contribution in [2.24, 2.45) is 0 Å². The number of hydrogen-bond donors (Lipinski definition) is 3. The lowest BCUT2D eigenvalue weighted by Crippen LogP contribution is -2.41. The van der Waals surface area contributed by atoms with Gasteiger partial charge in [-0.3, -0.25) is 25.2 Å². The number of rotatable bonds is 7. The lowest BCUT2D eigenvalue weighted by atomic mass is 10.2. The summed E-state index contributed by atoms with van der Waals surface area (Å²) in [5.74, 6) is -1.74. The summed E-state index contributed by atoms with van der Waals surface area (Å²) in [6.07, 6.45) is 0. The number of carbonyl (C=O) groups is 2. The van der Waals surface area contributed by atoms with Gasteiger partial charge in [-0.1, -0.05) is 6.07 Å². The van der Waals surface area contributed by atoms with Gasteiger partial charge >= 0.3 is 0 Å². The van der Waals surface area contributed by atoms with Gasteiger partial charge in [-0.25, -0.2) is 12.8 Å². The molecule has 9 nitrogen and oxygen atoms in total. The van der Waals surface area contributed by atoms with Crippen LogP contribution in [0.3, 0.4) is 0 Å². The number of benzene rings is 3. The topological polar surface area (TPSA) is 123 Å². The highest BCUT2D eigenvalue weighted by molar-refractivity contribution is 7.92. The molecule has 3 rings (SSSR count). The second-order valence-electron chi connectivity index (χ2n) is 6.62. The Morgan fingerprint density at radius 2 is 1.45 bits per heavy atom. The third-order valence-corrected chi connectivity index (χ3v) is 5.83. The normalized spacial score (nSPS) is 10.8. The van der Waals surface area contributed by atoms with E-state index in [1.165, 1.54) is 56.7 Å². The molecule has 3 aromatic carbocycles. The summed E-state index contributed by atoms with van der Waals surface area (Å²) >= 11 is 0. The SMILES string of the molecule is COc1ccc(NS(=O)(=O)c2cccc(C(=O)NNC(=O)c3ccc(OC)c(F)c3)c2)cc1. The number of carbonyl (C=O) groups excluding carboxylic acids is 2. The summed E-state index contributed by atoms with van der Waals surface area (Å²) in [4.78, 5) is 24.4. The summed E-state index contributed by atoms with van der Waals surface area (Å²) < 4.78 is 51.3. The smallest absolute Gasteiger partial charge is 0.269 e. The standard InChI is InChI=1S/C22H20FN3O6S/c1-31-17-9-7-16(8-10-17)26-33(29,30)18-5-3-4-14(12-18)21(27)24-25-22(28)15-6-11-20(32-2)19(23)13-15/h3-13,26H,1-2H3,(H,24,27)(H,25,28). The van der Waals surface area contributed by atoms with E-state index in [4.69, 9.17) is 9.47 Å². The fourth-order valence-corrected chi connectivity index (χ4v) is 3.85. The van der Waals surface area contributed by atoms with Crippen LogP contribution in [0, 0.1) is 5.82 Å². The van der Waals surface area contributed by atoms with Crippen LogP contribution in [0.4, 0.5) is 10.1 Å². The molecule has 0 unspecified atom stereocenters. The van der Waals surface area contributed by atoms with E-state index in [2.05, 4.69) is 15.6 Å². The van der Waals surface area contributed by atoms with Gasteiger partial charge in [-0.15, -0.1) is 0 Å². The summed E-state index contributed by atoms with van der Waals surface area (Å²) in [6.45, 7) is 0. The maximum atomic E-state index is 13.8. The zero-order chi connectivity index (χ0) is 24.0. The fraction of sp³-hybridized carbons (Fsp3) is 0.0909. The molecule has 0 atom stereocenters. The molecule has 0 radical (unpaired) electrons. The van der Waals surface area contributed by atoms with Gasteiger partial charge in [0.25, 0.3) is 21.8 Å². The van der Waals surface area contributed by atoms with Crippen molar-refractivity contribution in [1.82, 2.24) is 10.9 Å². The van der Waals surface area contributed by atoms with Gasteiger partial charge in [0.05, 0.1) is 19.1 Å². The lowest BCUT2D eigenvalue weighted by molar-refractivity contribution is 0.0846. The second kappa shape index (κ2) is 10.0. The monoisotopic (exact) mass is 473 g/mol. The molecular formula is C22H20FN3O6S. The quantitative estimate of drug-likeness (QED) is 0.454. The van der Waals surface area contributed by atoms with Crippen LogP contribution >= 0.6 is 0 Å². The predicted molar refractivity (Wildman–Crippen MR) is 118 cm³/mol. The molecule has 0 aliphatic rings. The Kier molecular flexibility index (Phi) is 7.13. The molecule has 3 aromatic rings. The Labute approximate surface area is 189 Å². The Hall–Kier alpha value is -4.12. The number of ether oxygens (including phenoxy) is 2. The van der Waals surface area contributed by atoms with E-state index in [0.29, 0.717) is 11.4 Å². The minimum atomic E-state index is -3.99. The van der Waals surface area contributed by atoms with E-state index in [1.807, 2.05) is 0 Å². The lowest BCUT2D eigenvalue weighted by Gasteiger charge is -2.11. The highest BCUT2D eigenvalue weighted by Crippen LogP contribution is 2.20. The van der Waals surface area contributed by atoms with Crippen LogP contribution in [0.25, 0.3) is 0 Å². The van der Waals surface area contributed by atoms with Crippen LogP contribution < -0.4 is 25.0 Å². The molecule has 0 heterocycles. The molecule has 33 heavy (non-hydrogen) atoms. The number of hydrazine groups is 1. The van der Waals surface area contributed by atoms with Gasteiger partial charge in [-0.2, -0.15) is 0 Å². The molecule has 0 bridgehead atoms. The minimum absolute atomic E-state index is 0.0196. The first kappa shape index (κ1) is 23.5. The van der Waals surface area contributed by atoms with Crippen molar-refractivity contribution in [2.75, 3.05) is 18.9 Å². The fourth-order valence-electron chi connectivity index (χ4n) is 2.74. The number of sulfonamides is 1. The summed E-state index contributed by atoms with van der Waals surface area (Å²) in [5.41, 5.74) is 4.56. The van der Waals surface area contributed by atoms with Crippen molar-refractivity contribution in [3.63, 3.8) is 0 Å². The largest absolute Gasteiger partial charge is 0.497 e. The molecule has 0 aliphatic carbocycles. The van der Waals surface area contributed by atoms with Crippen LogP contribution in [0.15, 0.2) is 71.6 Å². The molecule has 11 heteroatoms. The van der Waals surface area contributed by atoms with Crippen molar-refractivity contribution < 1.29 is 31.9 Å². The first-order valence-corrected chi connectivity index (χ1v) is 10.9. The first-order valence-electron chi connectivity index (χ1n) is 9.44. The van der Waals surface area contributed by atoms with Gasteiger partial charge in [0.1, 0.15) is 5.75 Å².